The summed E-state index contributed by atoms with van der Waals surface area (Å²) in [6, 6.07) is 14.5. The van der Waals surface area contributed by atoms with E-state index in [0.29, 0.717) is 0 Å². The van der Waals surface area contributed by atoms with Gasteiger partial charge in [0.25, 0.3) is 0 Å². The molecule has 5 rings (SSSR count). The highest BCUT2D eigenvalue weighted by atomic mass is 32.2. The Morgan fingerprint density at radius 2 is 0.659 bits per heavy atom. The molecule has 8 bridgehead atoms. The van der Waals surface area contributed by atoms with Crippen molar-refractivity contribution in [3.05, 3.63) is 87.6 Å². The topological polar surface area (TPSA) is 17.1 Å². The van der Waals surface area contributed by atoms with Crippen molar-refractivity contribution in [2.45, 2.75) is 128 Å². The zero-order valence-electron chi connectivity index (χ0n) is 26.3. The first-order valence-electron chi connectivity index (χ1n) is 15.9. The zero-order chi connectivity index (χ0) is 29.6. The average molecular weight is 625 g/mol. The number of hydrogen-bond acceptors (Lipinski definition) is 4. The Morgan fingerprint density at radius 3 is 0.878 bits per heavy atom. The number of thiophene rings is 3. The molecule has 2 aliphatic rings. The normalized spacial score (nSPS) is 20.6. The summed E-state index contributed by atoms with van der Waals surface area (Å²) in [5, 5.41) is 0. The second-order valence-corrected chi connectivity index (χ2v) is 16.6. The first-order valence-corrected chi connectivity index (χ1v) is 19.5. The summed E-state index contributed by atoms with van der Waals surface area (Å²) in [6.07, 6.45) is 12.7. The molecule has 5 heteroatoms. The van der Waals surface area contributed by atoms with Crippen LogP contribution < -0.4 is 0 Å². The first-order chi connectivity index (χ1) is 19.8. The third-order valence-electron chi connectivity index (χ3n) is 11.2. The summed E-state index contributed by atoms with van der Waals surface area (Å²) < 4.78 is 14.8. The van der Waals surface area contributed by atoms with Gasteiger partial charge in [0.05, 0.1) is 10.8 Å². The van der Waals surface area contributed by atoms with E-state index in [1.807, 2.05) is 22.7 Å². The number of hydrogen-bond donors (Lipinski definition) is 0. The predicted octanol–water partition coefficient (Wildman–Crippen LogP) is 11.7. The minimum absolute atomic E-state index is 0.0101. The van der Waals surface area contributed by atoms with Crippen LogP contribution in [0.25, 0.3) is 0 Å². The van der Waals surface area contributed by atoms with Crippen molar-refractivity contribution >= 4 is 44.8 Å². The molecule has 0 N–H and O–H groups in total. The Balaban J connectivity index is 1.85. The second kappa shape index (κ2) is 11.7. The summed E-state index contributed by atoms with van der Waals surface area (Å²) in [6.45, 7) is 18.6. The Bertz CT molecular complexity index is 1350. The van der Waals surface area contributed by atoms with Gasteiger partial charge in [0.1, 0.15) is 0 Å². The van der Waals surface area contributed by atoms with Crippen LogP contribution in [0.4, 0.5) is 0 Å². The minimum atomic E-state index is -1.15. The molecule has 2 aliphatic heterocycles. The molecule has 0 saturated carbocycles. The van der Waals surface area contributed by atoms with Gasteiger partial charge >= 0.3 is 0 Å². The maximum absolute atomic E-state index is 14.8. The van der Waals surface area contributed by atoms with Gasteiger partial charge in [-0.15, -0.1) is 34.0 Å². The highest BCUT2D eigenvalue weighted by Crippen LogP contribution is 2.56. The molecule has 0 atom stereocenters. The molecule has 0 radical (unpaired) electrons. The number of fused-ring (bicyclic) bond motifs is 8. The van der Waals surface area contributed by atoms with Crippen molar-refractivity contribution in [3.8, 4) is 0 Å². The first kappa shape index (κ1) is 31.2. The Morgan fingerprint density at radius 1 is 0.439 bits per heavy atom. The van der Waals surface area contributed by atoms with E-state index in [0.717, 1.165) is 61.2 Å². The lowest BCUT2D eigenvalue weighted by molar-refractivity contribution is 0.488. The van der Waals surface area contributed by atoms with Gasteiger partial charge in [0, 0.05) is 60.7 Å². The quantitative estimate of drug-likeness (QED) is 0.244. The van der Waals surface area contributed by atoms with Crippen LogP contribution >= 0.6 is 34.0 Å². The molecule has 222 valence electrons. The minimum Gasteiger partial charge on any atom is -0.250 e. The third kappa shape index (κ3) is 4.26. The van der Waals surface area contributed by atoms with Crippen molar-refractivity contribution in [2.75, 3.05) is 0 Å². The third-order valence-corrected chi connectivity index (χ3v) is 17.5. The fraction of sp³-hybridized carbons (Fsp3) is 0.556. The largest absolute Gasteiger partial charge is 0.250 e. The fourth-order valence-electron chi connectivity index (χ4n) is 7.90. The van der Waals surface area contributed by atoms with Crippen LogP contribution in [0.15, 0.2) is 58.4 Å². The van der Waals surface area contributed by atoms with Gasteiger partial charge < -0.3 is 0 Å². The lowest BCUT2D eigenvalue weighted by Gasteiger charge is -2.37. The van der Waals surface area contributed by atoms with Crippen LogP contribution in [0.3, 0.4) is 0 Å². The molecule has 0 fully saturated rings. The molecular formula is C36H48OS4. The van der Waals surface area contributed by atoms with E-state index in [4.69, 9.17) is 0 Å². The molecule has 3 aromatic rings. The van der Waals surface area contributed by atoms with E-state index in [9.17, 15) is 4.21 Å². The lowest BCUT2D eigenvalue weighted by Crippen LogP contribution is -2.32. The van der Waals surface area contributed by atoms with Crippen molar-refractivity contribution in [3.63, 3.8) is 0 Å². The molecule has 5 heterocycles. The Hall–Kier alpha value is -1.27. The average Bonchev–Trinajstić information content (AvgIpc) is 3.83. The molecule has 0 spiro atoms. The highest BCUT2D eigenvalue weighted by Gasteiger charge is 2.47. The number of allylic oxidation sites excluding steroid dienone is 4. The van der Waals surface area contributed by atoms with Gasteiger partial charge in [-0.25, -0.2) is 4.21 Å². The number of rotatable bonds is 8. The SMILES string of the molecule is CCC1(CC)C2=CC=C(S2=O)C(CC)(CC)c2ccc(s2)C(CC)(CC)c2ccc(s2)C(CC)(CC)c2ccc1s2. The van der Waals surface area contributed by atoms with Crippen molar-refractivity contribution in [1.82, 2.24) is 0 Å². The van der Waals surface area contributed by atoms with Crippen LogP contribution in [0, 0.1) is 0 Å². The van der Waals surface area contributed by atoms with Crippen LogP contribution in [-0.4, -0.2) is 4.21 Å². The van der Waals surface area contributed by atoms with Crippen molar-refractivity contribution < 1.29 is 4.21 Å². The fourth-order valence-corrected chi connectivity index (χ4v) is 15.4. The summed E-state index contributed by atoms with van der Waals surface area (Å²) >= 11 is 6.05. The smallest absolute Gasteiger partial charge is 0.0786 e. The molecule has 0 aliphatic carbocycles. The van der Waals surface area contributed by atoms with Crippen molar-refractivity contribution in [2.24, 2.45) is 0 Å². The second-order valence-electron chi connectivity index (χ2n) is 12.0. The standard InChI is InChI=1S/C36H48OS4/c1-9-33(10-2)25-17-18-26(38-25)34(11-3,12-4)28-20-22-30(40-28)36(15-7,16-8)32-24-23-31(41(32)37)35(13-5,14-6)29-21-19-27(33)39-29/h17-24H,9-16H2,1-8H3. The molecule has 3 aromatic heterocycles. The molecular weight excluding hydrogens is 577 g/mol. The summed E-state index contributed by atoms with van der Waals surface area (Å²) in [4.78, 5) is 11.0. The van der Waals surface area contributed by atoms with Gasteiger partial charge in [-0.2, -0.15) is 0 Å². The van der Waals surface area contributed by atoms with Gasteiger partial charge in [0.15, 0.2) is 0 Å². The van der Waals surface area contributed by atoms with Crippen LogP contribution in [-0.2, 0) is 32.5 Å². The van der Waals surface area contributed by atoms with E-state index in [2.05, 4.69) is 115 Å². The Kier molecular flexibility index (Phi) is 8.87. The molecule has 0 unspecified atom stereocenters. The highest BCUT2D eigenvalue weighted by molar-refractivity contribution is 7.93. The van der Waals surface area contributed by atoms with Gasteiger partial charge in [0.2, 0.25) is 0 Å². The molecule has 41 heavy (non-hydrogen) atoms. The zero-order valence-corrected chi connectivity index (χ0v) is 29.6. The van der Waals surface area contributed by atoms with Gasteiger partial charge in [-0.05, 0) is 99.9 Å². The van der Waals surface area contributed by atoms with Gasteiger partial charge in [-0.1, -0.05) is 55.4 Å². The maximum atomic E-state index is 14.8. The van der Waals surface area contributed by atoms with E-state index in [1.165, 1.54) is 29.3 Å². The van der Waals surface area contributed by atoms with Gasteiger partial charge in [-0.3, -0.25) is 0 Å². The van der Waals surface area contributed by atoms with Crippen LogP contribution in [0.2, 0.25) is 0 Å². The van der Waals surface area contributed by atoms with Crippen LogP contribution in [0.1, 0.15) is 136 Å². The monoisotopic (exact) mass is 624 g/mol. The molecule has 1 nitrogen and oxygen atoms in total. The lowest BCUT2D eigenvalue weighted by atomic mass is 9.77. The molecule has 0 saturated heterocycles. The summed E-state index contributed by atoms with van der Waals surface area (Å²) in [5.74, 6) is 0. The van der Waals surface area contributed by atoms with Crippen molar-refractivity contribution in [1.29, 1.82) is 0 Å². The van der Waals surface area contributed by atoms with E-state index < -0.39 is 10.8 Å². The Labute approximate surface area is 263 Å². The summed E-state index contributed by atoms with van der Waals surface area (Å²) in [7, 11) is -1.15. The van der Waals surface area contributed by atoms with E-state index in [-0.39, 0.29) is 21.7 Å². The maximum Gasteiger partial charge on any atom is 0.0786 e. The van der Waals surface area contributed by atoms with Crippen LogP contribution in [0.5, 0.6) is 0 Å². The van der Waals surface area contributed by atoms with E-state index in [1.54, 1.807) is 0 Å². The summed E-state index contributed by atoms with van der Waals surface area (Å²) in [5.41, 5.74) is -0.388. The molecule has 0 amide bonds. The van der Waals surface area contributed by atoms with E-state index >= 15 is 0 Å². The molecule has 0 aromatic carbocycles. The predicted molar refractivity (Wildman–Crippen MR) is 185 cm³/mol.